The first-order valence-electron chi connectivity index (χ1n) is 6.04. The topological polar surface area (TPSA) is 24.5 Å². The largest absolute Gasteiger partial charge is 0.381 e. The predicted octanol–water partition coefficient (Wildman–Crippen LogP) is 2.98. The van der Waals surface area contributed by atoms with E-state index >= 15 is 0 Å². The van der Waals surface area contributed by atoms with Crippen LogP contribution in [-0.2, 0) is 4.74 Å². The van der Waals surface area contributed by atoms with Gasteiger partial charge in [0.1, 0.15) is 0 Å². The number of para-hydroxylation sites is 2. The molecule has 96 valence electrons. The van der Waals surface area contributed by atoms with E-state index in [1.54, 1.807) is 0 Å². The van der Waals surface area contributed by atoms with E-state index in [0.29, 0.717) is 6.61 Å². The summed E-state index contributed by atoms with van der Waals surface area (Å²) in [5.74, 6) is 0. The SMILES string of the molecule is CN(C)c1ccccc1NCCOC(C)(C)C. The summed E-state index contributed by atoms with van der Waals surface area (Å²) < 4.78 is 5.68. The van der Waals surface area contributed by atoms with Crippen molar-refractivity contribution in [1.29, 1.82) is 0 Å². The van der Waals surface area contributed by atoms with Crippen molar-refractivity contribution in [2.75, 3.05) is 37.5 Å². The van der Waals surface area contributed by atoms with Crippen LogP contribution in [0, 0.1) is 0 Å². The van der Waals surface area contributed by atoms with Gasteiger partial charge < -0.3 is 15.0 Å². The summed E-state index contributed by atoms with van der Waals surface area (Å²) in [6.45, 7) is 7.75. The van der Waals surface area contributed by atoms with Crippen molar-refractivity contribution in [3.05, 3.63) is 24.3 Å². The molecule has 17 heavy (non-hydrogen) atoms. The van der Waals surface area contributed by atoms with Crippen LogP contribution in [-0.4, -0.2) is 32.8 Å². The van der Waals surface area contributed by atoms with Crippen LogP contribution < -0.4 is 10.2 Å². The normalized spacial score (nSPS) is 11.4. The Balaban J connectivity index is 2.47. The molecule has 0 saturated heterocycles. The van der Waals surface area contributed by atoms with Gasteiger partial charge in [0, 0.05) is 20.6 Å². The maximum Gasteiger partial charge on any atom is 0.0646 e. The number of nitrogens with one attached hydrogen (secondary N) is 1. The van der Waals surface area contributed by atoms with E-state index in [4.69, 9.17) is 4.74 Å². The zero-order chi connectivity index (χ0) is 12.9. The highest BCUT2D eigenvalue weighted by Gasteiger charge is 2.09. The molecule has 3 heteroatoms. The minimum Gasteiger partial charge on any atom is -0.381 e. The maximum atomic E-state index is 5.68. The highest BCUT2D eigenvalue weighted by molar-refractivity contribution is 5.69. The van der Waals surface area contributed by atoms with E-state index in [2.05, 4.69) is 43.1 Å². The van der Waals surface area contributed by atoms with Gasteiger partial charge >= 0.3 is 0 Å². The van der Waals surface area contributed by atoms with Crippen molar-refractivity contribution in [3.8, 4) is 0 Å². The van der Waals surface area contributed by atoms with E-state index in [0.717, 1.165) is 12.2 Å². The fourth-order valence-corrected chi connectivity index (χ4v) is 1.56. The molecule has 1 aromatic carbocycles. The van der Waals surface area contributed by atoms with Crippen LogP contribution in [0.25, 0.3) is 0 Å². The first kappa shape index (κ1) is 13.8. The smallest absolute Gasteiger partial charge is 0.0646 e. The summed E-state index contributed by atoms with van der Waals surface area (Å²) in [6.07, 6.45) is 0. The average molecular weight is 236 g/mol. The number of ether oxygens (including phenoxy) is 1. The van der Waals surface area contributed by atoms with Gasteiger partial charge in [-0.25, -0.2) is 0 Å². The molecule has 0 fully saturated rings. The van der Waals surface area contributed by atoms with Crippen molar-refractivity contribution in [2.45, 2.75) is 26.4 Å². The number of nitrogens with zero attached hydrogens (tertiary/aromatic N) is 1. The molecule has 0 aromatic heterocycles. The summed E-state index contributed by atoms with van der Waals surface area (Å²) in [4.78, 5) is 2.10. The summed E-state index contributed by atoms with van der Waals surface area (Å²) >= 11 is 0. The fourth-order valence-electron chi connectivity index (χ4n) is 1.56. The van der Waals surface area contributed by atoms with Crippen LogP contribution in [0.5, 0.6) is 0 Å². The summed E-state index contributed by atoms with van der Waals surface area (Å²) in [7, 11) is 4.10. The molecule has 1 N–H and O–H groups in total. The Kier molecular flexibility index (Phi) is 4.82. The third-order valence-corrected chi connectivity index (χ3v) is 2.34. The Morgan fingerprint density at radius 3 is 2.41 bits per heavy atom. The third kappa shape index (κ3) is 5.09. The van der Waals surface area contributed by atoms with E-state index < -0.39 is 0 Å². The third-order valence-electron chi connectivity index (χ3n) is 2.34. The van der Waals surface area contributed by atoms with Crippen LogP contribution in [0.3, 0.4) is 0 Å². The van der Waals surface area contributed by atoms with Crippen molar-refractivity contribution in [3.63, 3.8) is 0 Å². The minimum atomic E-state index is -0.0667. The van der Waals surface area contributed by atoms with Crippen molar-refractivity contribution in [2.24, 2.45) is 0 Å². The molecule has 1 rings (SSSR count). The molecule has 0 atom stereocenters. The summed E-state index contributed by atoms with van der Waals surface area (Å²) in [5, 5.41) is 3.40. The number of anilines is 2. The molecule has 0 aliphatic heterocycles. The van der Waals surface area contributed by atoms with Gasteiger partial charge in [-0.15, -0.1) is 0 Å². The van der Waals surface area contributed by atoms with Crippen LogP contribution in [0.1, 0.15) is 20.8 Å². The molecule has 0 aliphatic rings. The molecular weight excluding hydrogens is 212 g/mol. The van der Waals surface area contributed by atoms with Gasteiger partial charge in [0.2, 0.25) is 0 Å². The molecule has 0 heterocycles. The van der Waals surface area contributed by atoms with Crippen LogP contribution >= 0.6 is 0 Å². The Labute approximate surface area is 105 Å². The fraction of sp³-hybridized carbons (Fsp3) is 0.571. The van der Waals surface area contributed by atoms with E-state index in [1.807, 2.05) is 26.2 Å². The maximum absolute atomic E-state index is 5.68. The van der Waals surface area contributed by atoms with Gasteiger partial charge in [0.15, 0.2) is 0 Å². The van der Waals surface area contributed by atoms with Crippen molar-refractivity contribution >= 4 is 11.4 Å². The highest BCUT2D eigenvalue weighted by Crippen LogP contribution is 2.23. The predicted molar refractivity (Wildman–Crippen MR) is 75.0 cm³/mol. The standard InChI is InChI=1S/C14H24N2O/c1-14(2,3)17-11-10-15-12-8-6-7-9-13(12)16(4)5/h6-9,15H,10-11H2,1-5H3. The molecule has 3 nitrogen and oxygen atoms in total. The molecular formula is C14H24N2O. The van der Waals surface area contributed by atoms with Gasteiger partial charge in [0.25, 0.3) is 0 Å². The van der Waals surface area contributed by atoms with Gasteiger partial charge in [-0.05, 0) is 32.9 Å². The van der Waals surface area contributed by atoms with Crippen molar-refractivity contribution < 1.29 is 4.74 Å². The summed E-state index contributed by atoms with van der Waals surface area (Å²) in [6, 6.07) is 8.28. The minimum absolute atomic E-state index is 0.0667. The van der Waals surface area contributed by atoms with E-state index in [-0.39, 0.29) is 5.60 Å². The zero-order valence-electron chi connectivity index (χ0n) is 11.6. The second-order valence-electron chi connectivity index (χ2n) is 5.30. The Bertz CT molecular complexity index is 342. The number of rotatable bonds is 5. The molecule has 0 spiro atoms. The highest BCUT2D eigenvalue weighted by atomic mass is 16.5. The Hall–Kier alpha value is -1.22. The molecule has 1 aromatic rings. The van der Waals surface area contributed by atoms with Crippen LogP contribution in [0.2, 0.25) is 0 Å². The monoisotopic (exact) mass is 236 g/mol. The Morgan fingerprint density at radius 2 is 1.82 bits per heavy atom. The van der Waals surface area contributed by atoms with E-state index in [1.165, 1.54) is 5.69 Å². The first-order valence-corrected chi connectivity index (χ1v) is 6.04. The number of hydrogen-bond acceptors (Lipinski definition) is 3. The molecule has 0 radical (unpaired) electrons. The lowest BCUT2D eigenvalue weighted by molar-refractivity contribution is 0.00334. The second-order valence-corrected chi connectivity index (χ2v) is 5.30. The lowest BCUT2D eigenvalue weighted by Crippen LogP contribution is -2.23. The second kappa shape index (κ2) is 5.92. The lowest BCUT2D eigenvalue weighted by atomic mass is 10.2. The van der Waals surface area contributed by atoms with Gasteiger partial charge in [-0.1, -0.05) is 12.1 Å². The first-order chi connectivity index (χ1) is 7.90. The molecule has 0 unspecified atom stereocenters. The molecule has 0 bridgehead atoms. The van der Waals surface area contributed by atoms with Crippen LogP contribution in [0.4, 0.5) is 11.4 Å². The van der Waals surface area contributed by atoms with E-state index in [9.17, 15) is 0 Å². The van der Waals surface area contributed by atoms with Crippen molar-refractivity contribution in [1.82, 2.24) is 0 Å². The van der Waals surface area contributed by atoms with Crippen LogP contribution in [0.15, 0.2) is 24.3 Å². The molecule has 0 saturated carbocycles. The zero-order valence-corrected chi connectivity index (χ0v) is 11.6. The van der Waals surface area contributed by atoms with Gasteiger partial charge in [-0.3, -0.25) is 0 Å². The van der Waals surface area contributed by atoms with Gasteiger partial charge in [-0.2, -0.15) is 0 Å². The summed E-state index contributed by atoms with van der Waals surface area (Å²) in [5.41, 5.74) is 2.28. The lowest BCUT2D eigenvalue weighted by Gasteiger charge is -2.21. The number of hydrogen-bond donors (Lipinski definition) is 1. The molecule has 0 aliphatic carbocycles. The van der Waals surface area contributed by atoms with Gasteiger partial charge in [0.05, 0.1) is 23.6 Å². The molecule has 0 amide bonds. The number of benzene rings is 1. The Morgan fingerprint density at radius 1 is 1.18 bits per heavy atom. The average Bonchev–Trinajstić information content (AvgIpc) is 2.23. The quantitative estimate of drug-likeness (QED) is 0.795.